The van der Waals surface area contributed by atoms with Gasteiger partial charge < -0.3 is 0 Å². The molecular formula is C28H24ClF. The third-order valence-electron chi connectivity index (χ3n) is 6.13. The van der Waals surface area contributed by atoms with Crippen LogP contribution in [-0.4, -0.2) is 0 Å². The Hall–Kier alpha value is -2.74. The summed E-state index contributed by atoms with van der Waals surface area (Å²) in [5.74, 6) is 9.83. The fourth-order valence-corrected chi connectivity index (χ4v) is 4.38. The third kappa shape index (κ3) is 4.87. The molecule has 1 fully saturated rings. The molecule has 0 radical (unpaired) electrons. The van der Waals surface area contributed by atoms with Crippen LogP contribution in [-0.2, 0) is 6.42 Å². The molecule has 150 valence electrons. The zero-order valence-electron chi connectivity index (χ0n) is 16.9. The molecule has 0 atom stereocenters. The molecule has 1 aliphatic carbocycles. The van der Waals surface area contributed by atoms with Crippen molar-refractivity contribution in [3.8, 4) is 24.2 Å². The van der Waals surface area contributed by atoms with Crippen LogP contribution in [0.2, 0.25) is 5.02 Å². The van der Waals surface area contributed by atoms with Gasteiger partial charge in [0.25, 0.3) is 0 Å². The molecule has 0 unspecified atom stereocenters. The molecule has 0 heterocycles. The maximum atomic E-state index is 15.0. The van der Waals surface area contributed by atoms with Crippen molar-refractivity contribution in [1.29, 1.82) is 0 Å². The van der Waals surface area contributed by atoms with E-state index in [-0.39, 0.29) is 5.82 Å². The van der Waals surface area contributed by atoms with E-state index in [0.717, 1.165) is 36.1 Å². The first kappa shape index (κ1) is 20.5. The third-order valence-corrected chi connectivity index (χ3v) is 6.38. The van der Waals surface area contributed by atoms with Crippen LogP contribution in [0.5, 0.6) is 0 Å². The minimum Gasteiger partial charge on any atom is -0.205 e. The number of hydrogen-bond donors (Lipinski definition) is 0. The Morgan fingerprint density at radius 1 is 0.933 bits per heavy atom. The molecule has 30 heavy (non-hydrogen) atoms. The largest absolute Gasteiger partial charge is 0.205 e. The van der Waals surface area contributed by atoms with Crippen LogP contribution >= 0.6 is 11.6 Å². The highest BCUT2D eigenvalue weighted by Crippen LogP contribution is 2.31. The average molecular weight is 415 g/mol. The molecular weight excluding hydrogens is 391 g/mol. The van der Waals surface area contributed by atoms with E-state index < -0.39 is 0 Å². The monoisotopic (exact) mass is 414 g/mol. The second-order valence-electron chi connectivity index (χ2n) is 8.16. The van der Waals surface area contributed by atoms with Crippen LogP contribution < -0.4 is 0 Å². The summed E-state index contributed by atoms with van der Waals surface area (Å²) >= 11 is 5.90. The van der Waals surface area contributed by atoms with Gasteiger partial charge in [0.15, 0.2) is 0 Å². The summed E-state index contributed by atoms with van der Waals surface area (Å²) in [6, 6.07) is 17.0. The predicted octanol–water partition coefficient (Wildman–Crippen LogP) is 7.40. The molecule has 4 rings (SSSR count). The molecule has 0 spiro atoms. The summed E-state index contributed by atoms with van der Waals surface area (Å²) in [7, 11) is 0. The smallest absolute Gasteiger partial charge is 0.146 e. The van der Waals surface area contributed by atoms with Crippen LogP contribution in [0, 0.1) is 41.8 Å². The average Bonchev–Trinajstić information content (AvgIpc) is 2.78. The van der Waals surface area contributed by atoms with Crippen molar-refractivity contribution in [2.75, 3.05) is 0 Å². The van der Waals surface area contributed by atoms with Crippen LogP contribution in [0.1, 0.15) is 48.8 Å². The normalized spacial score (nSPS) is 18.4. The molecule has 0 amide bonds. The van der Waals surface area contributed by atoms with E-state index in [1.165, 1.54) is 24.8 Å². The van der Waals surface area contributed by atoms with Gasteiger partial charge in [-0.1, -0.05) is 47.7 Å². The molecule has 3 aromatic carbocycles. The minimum absolute atomic E-state index is 0.256. The Bertz CT molecular complexity index is 1130. The van der Waals surface area contributed by atoms with Crippen molar-refractivity contribution in [1.82, 2.24) is 0 Å². The number of fused-ring (bicyclic) bond motifs is 1. The molecule has 1 aliphatic rings. The molecule has 0 N–H and O–H groups in total. The first-order valence-electron chi connectivity index (χ1n) is 10.6. The van der Waals surface area contributed by atoms with Gasteiger partial charge in [0, 0.05) is 21.9 Å². The minimum atomic E-state index is -0.256. The second-order valence-corrected chi connectivity index (χ2v) is 8.60. The number of terminal acetylenes is 1. The molecule has 0 bridgehead atoms. The Morgan fingerprint density at radius 2 is 1.70 bits per heavy atom. The van der Waals surface area contributed by atoms with E-state index >= 15 is 0 Å². The lowest BCUT2D eigenvalue weighted by Crippen LogP contribution is -2.13. The summed E-state index contributed by atoms with van der Waals surface area (Å²) in [6.07, 6.45) is 12.5. The summed E-state index contributed by atoms with van der Waals surface area (Å²) in [6.45, 7) is 0. The van der Waals surface area contributed by atoms with E-state index in [9.17, 15) is 4.39 Å². The van der Waals surface area contributed by atoms with Crippen LogP contribution in [0.25, 0.3) is 10.8 Å². The highest BCUT2D eigenvalue weighted by molar-refractivity contribution is 6.30. The summed E-state index contributed by atoms with van der Waals surface area (Å²) in [5, 5.41) is 2.21. The lowest BCUT2D eigenvalue weighted by atomic mass is 9.80. The van der Waals surface area contributed by atoms with Crippen molar-refractivity contribution < 1.29 is 4.39 Å². The Kier molecular flexibility index (Phi) is 6.42. The van der Waals surface area contributed by atoms with Gasteiger partial charge in [0.05, 0.1) is 5.56 Å². The van der Waals surface area contributed by atoms with Crippen LogP contribution in [0.15, 0.2) is 54.6 Å². The van der Waals surface area contributed by atoms with Gasteiger partial charge in [-0.25, -0.2) is 4.39 Å². The van der Waals surface area contributed by atoms with E-state index in [0.29, 0.717) is 21.9 Å². The van der Waals surface area contributed by atoms with E-state index in [4.69, 9.17) is 18.0 Å². The fourth-order valence-electron chi connectivity index (χ4n) is 4.25. The lowest BCUT2D eigenvalue weighted by molar-refractivity contribution is 0.302. The number of halogens is 2. The topological polar surface area (TPSA) is 0 Å². The van der Waals surface area contributed by atoms with Crippen molar-refractivity contribution >= 4 is 22.4 Å². The highest BCUT2D eigenvalue weighted by Gasteiger charge is 2.19. The molecule has 2 heteroatoms. The van der Waals surface area contributed by atoms with Gasteiger partial charge in [-0.2, -0.15) is 0 Å². The number of aryl methyl sites for hydroxylation is 1. The van der Waals surface area contributed by atoms with Gasteiger partial charge in [0.1, 0.15) is 5.82 Å². The van der Waals surface area contributed by atoms with Gasteiger partial charge in [-0.3, -0.25) is 0 Å². The highest BCUT2D eigenvalue weighted by atomic mass is 35.5. The van der Waals surface area contributed by atoms with Crippen molar-refractivity contribution in [2.45, 2.75) is 38.5 Å². The molecule has 0 aliphatic heterocycles. The molecule has 0 nitrogen and oxygen atoms in total. The summed E-state index contributed by atoms with van der Waals surface area (Å²) in [4.78, 5) is 0. The standard InChI is InChI=1S/C28H24ClF/c1-2-20-3-5-21(6-4-20)7-8-23-12-18-27-25(19-23)15-14-24(28(27)30)13-9-22-10-16-26(29)17-11-22/h1,10-12,14-21H,3-8H2. The lowest BCUT2D eigenvalue weighted by Gasteiger charge is -2.25. The first-order chi connectivity index (χ1) is 14.6. The maximum Gasteiger partial charge on any atom is 0.146 e. The number of benzene rings is 3. The summed E-state index contributed by atoms with van der Waals surface area (Å²) < 4.78 is 15.0. The molecule has 3 aromatic rings. The number of rotatable bonds is 3. The Labute approximate surface area is 183 Å². The fraction of sp³-hybridized carbons (Fsp3) is 0.286. The first-order valence-corrected chi connectivity index (χ1v) is 10.9. The molecule has 1 saturated carbocycles. The SMILES string of the molecule is C#CC1CCC(CCc2ccc3c(F)c(C#Cc4ccc(Cl)cc4)ccc3c2)CC1. The zero-order chi connectivity index (χ0) is 20.9. The van der Waals surface area contributed by atoms with Crippen molar-refractivity contribution in [2.24, 2.45) is 11.8 Å². The quantitative estimate of drug-likeness (QED) is 0.391. The van der Waals surface area contributed by atoms with Gasteiger partial charge in [-0.05, 0) is 85.7 Å². The van der Waals surface area contributed by atoms with Gasteiger partial charge in [-0.15, -0.1) is 12.3 Å². The molecule has 0 aromatic heterocycles. The Balaban J connectivity index is 1.46. The van der Waals surface area contributed by atoms with E-state index in [2.05, 4.69) is 29.9 Å². The van der Waals surface area contributed by atoms with Crippen LogP contribution in [0.4, 0.5) is 4.39 Å². The number of hydrogen-bond acceptors (Lipinski definition) is 0. The van der Waals surface area contributed by atoms with Crippen LogP contribution in [0.3, 0.4) is 0 Å². The maximum absolute atomic E-state index is 15.0. The zero-order valence-corrected chi connectivity index (χ0v) is 17.7. The Morgan fingerprint density at radius 3 is 2.43 bits per heavy atom. The summed E-state index contributed by atoms with van der Waals surface area (Å²) in [5.41, 5.74) is 2.49. The van der Waals surface area contributed by atoms with Crippen molar-refractivity contribution in [3.05, 3.63) is 82.1 Å². The van der Waals surface area contributed by atoms with Gasteiger partial charge in [0.2, 0.25) is 0 Å². The van der Waals surface area contributed by atoms with Crippen molar-refractivity contribution in [3.63, 3.8) is 0 Å². The van der Waals surface area contributed by atoms with E-state index in [1.807, 2.05) is 24.3 Å². The molecule has 0 saturated heterocycles. The van der Waals surface area contributed by atoms with Gasteiger partial charge >= 0.3 is 0 Å². The predicted molar refractivity (Wildman–Crippen MR) is 124 cm³/mol. The van der Waals surface area contributed by atoms with E-state index in [1.54, 1.807) is 18.2 Å². The second kappa shape index (κ2) is 9.38.